The van der Waals surface area contributed by atoms with Crippen molar-refractivity contribution in [3.05, 3.63) is 41.5 Å². The van der Waals surface area contributed by atoms with Crippen LogP contribution in [0, 0.1) is 0 Å². The molecule has 1 heterocycles. The molecule has 23 heavy (non-hydrogen) atoms. The third-order valence-electron chi connectivity index (χ3n) is 3.26. The number of para-hydroxylation sites is 1. The Kier molecular flexibility index (Phi) is 5.96. The van der Waals surface area contributed by atoms with Crippen LogP contribution < -0.4 is 15.4 Å². The normalized spacial score (nSPS) is 10.6. The fourth-order valence-electron chi connectivity index (χ4n) is 1.97. The molecule has 0 fully saturated rings. The summed E-state index contributed by atoms with van der Waals surface area (Å²) in [7, 11) is 1.61. The number of urea groups is 1. The minimum Gasteiger partial charge on any atom is -0.496 e. The zero-order valence-corrected chi connectivity index (χ0v) is 13.6. The molecule has 0 aliphatic heterocycles. The summed E-state index contributed by atoms with van der Waals surface area (Å²) >= 11 is 0. The van der Waals surface area contributed by atoms with Gasteiger partial charge in [-0.15, -0.1) is 0 Å². The van der Waals surface area contributed by atoms with Gasteiger partial charge in [0.05, 0.1) is 7.11 Å². The Balaban J connectivity index is 1.72. The fraction of sp³-hybridized carbons (Fsp3) is 0.438. The maximum atomic E-state index is 11.8. The highest BCUT2D eigenvalue weighted by Crippen LogP contribution is 2.16. The number of rotatable bonds is 7. The van der Waals surface area contributed by atoms with Crippen LogP contribution in [0.2, 0.25) is 0 Å². The molecule has 0 saturated heterocycles. The molecule has 7 nitrogen and oxygen atoms in total. The van der Waals surface area contributed by atoms with Crippen LogP contribution in [0.4, 0.5) is 4.79 Å². The number of ether oxygens (including phenoxy) is 1. The van der Waals surface area contributed by atoms with Crippen molar-refractivity contribution < 1.29 is 14.1 Å². The molecule has 2 rings (SSSR count). The van der Waals surface area contributed by atoms with Crippen LogP contribution in [0.5, 0.6) is 5.75 Å². The molecule has 0 aliphatic rings. The van der Waals surface area contributed by atoms with Crippen LogP contribution in [0.15, 0.2) is 28.8 Å². The monoisotopic (exact) mass is 318 g/mol. The first-order chi connectivity index (χ1) is 11.1. The van der Waals surface area contributed by atoms with Crippen LogP contribution in [-0.2, 0) is 13.0 Å². The predicted octanol–water partition coefficient (Wildman–Crippen LogP) is 2.24. The van der Waals surface area contributed by atoms with Gasteiger partial charge in [-0.1, -0.05) is 37.2 Å². The van der Waals surface area contributed by atoms with Gasteiger partial charge in [-0.25, -0.2) is 4.79 Å². The SMILES string of the molecule is COc1ccccc1CNC(=O)NCCc1nc(C(C)C)no1. The van der Waals surface area contributed by atoms with Crippen molar-refractivity contribution in [1.82, 2.24) is 20.8 Å². The number of nitrogens with zero attached hydrogens (tertiary/aromatic N) is 2. The molecule has 0 radical (unpaired) electrons. The van der Waals surface area contributed by atoms with E-state index in [0.717, 1.165) is 11.3 Å². The molecule has 2 aromatic rings. The summed E-state index contributed by atoms with van der Waals surface area (Å²) < 4.78 is 10.4. The lowest BCUT2D eigenvalue weighted by molar-refractivity contribution is 0.240. The summed E-state index contributed by atoms with van der Waals surface area (Å²) in [6.07, 6.45) is 0.502. The molecular formula is C16H22N4O3. The molecular weight excluding hydrogens is 296 g/mol. The Morgan fingerprint density at radius 2 is 2.09 bits per heavy atom. The third kappa shape index (κ3) is 4.98. The van der Waals surface area contributed by atoms with E-state index in [4.69, 9.17) is 9.26 Å². The number of hydrogen-bond donors (Lipinski definition) is 2. The average molecular weight is 318 g/mol. The first-order valence-corrected chi connectivity index (χ1v) is 7.56. The van der Waals surface area contributed by atoms with Crippen molar-refractivity contribution >= 4 is 6.03 Å². The van der Waals surface area contributed by atoms with E-state index in [1.807, 2.05) is 38.1 Å². The molecule has 0 spiro atoms. The number of hydrogen-bond acceptors (Lipinski definition) is 5. The summed E-state index contributed by atoms with van der Waals surface area (Å²) in [5.41, 5.74) is 0.920. The van der Waals surface area contributed by atoms with E-state index in [2.05, 4.69) is 20.8 Å². The number of benzene rings is 1. The van der Waals surface area contributed by atoms with Gasteiger partial charge in [0.15, 0.2) is 5.82 Å². The van der Waals surface area contributed by atoms with Crippen LogP contribution in [0.25, 0.3) is 0 Å². The van der Waals surface area contributed by atoms with Crippen LogP contribution in [-0.4, -0.2) is 29.8 Å². The average Bonchev–Trinajstić information content (AvgIpc) is 3.02. The van der Waals surface area contributed by atoms with Crippen molar-refractivity contribution in [2.45, 2.75) is 32.7 Å². The molecule has 0 atom stereocenters. The highest BCUT2D eigenvalue weighted by molar-refractivity contribution is 5.73. The van der Waals surface area contributed by atoms with E-state index in [9.17, 15) is 4.79 Å². The van der Waals surface area contributed by atoms with Gasteiger partial charge in [0.25, 0.3) is 0 Å². The zero-order valence-electron chi connectivity index (χ0n) is 13.6. The second-order valence-corrected chi connectivity index (χ2v) is 5.37. The highest BCUT2D eigenvalue weighted by Gasteiger charge is 2.10. The summed E-state index contributed by atoms with van der Waals surface area (Å²) in [6.45, 7) is 4.82. The van der Waals surface area contributed by atoms with Crippen molar-refractivity contribution in [3.63, 3.8) is 0 Å². The lowest BCUT2D eigenvalue weighted by Gasteiger charge is -2.10. The molecule has 0 aliphatic carbocycles. The third-order valence-corrected chi connectivity index (χ3v) is 3.26. The van der Waals surface area contributed by atoms with Crippen molar-refractivity contribution in [2.24, 2.45) is 0 Å². The van der Waals surface area contributed by atoms with Gasteiger partial charge in [-0.05, 0) is 6.07 Å². The Hall–Kier alpha value is -2.57. The van der Waals surface area contributed by atoms with Crippen LogP contribution in [0.1, 0.15) is 37.0 Å². The topological polar surface area (TPSA) is 89.3 Å². The standard InChI is InChI=1S/C16H22N4O3/c1-11(2)15-19-14(23-20-15)8-9-17-16(21)18-10-12-6-4-5-7-13(12)22-3/h4-7,11H,8-10H2,1-3H3,(H2,17,18,21). The van der Waals surface area contributed by atoms with E-state index < -0.39 is 0 Å². The zero-order chi connectivity index (χ0) is 16.7. The van der Waals surface area contributed by atoms with Gasteiger partial charge in [0.1, 0.15) is 5.75 Å². The van der Waals surface area contributed by atoms with E-state index >= 15 is 0 Å². The van der Waals surface area contributed by atoms with Crippen molar-refractivity contribution in [1.29, 1.82) is 0 Å². The van der Waals surface area contributed by atoms with Crippen LogP contribution in [0.3, 0.4) is 0 Å². The summed E-state index contributed by atoms with van der Waals surface area (Å²) in [5.74, 6) is 2.18. The molecule has 1 aromatic heterocycles. The molecule has 1 aromatic carbocycles. The number of carbonyl (C=O) groups excluding carboxylic acids is 1. The molecule has 124 valence electrons. The van der Waals surface area contributed by atoms with Gasteiger partial charge in [0, 0.05) is 31.0 Å². The van der Waals surface area contributed by atoms with Crippen molar-refractivity contribution in [3.8, 4) is 5.75 Å². The Labute approximate surface area is 135 Å². The number of aromatic nitrogens is 2. The summed E-state index contributed by atoms with van der Waals surface area (Å²) in [4.78, 5) is 16.0. The predicted molar refractivity (Wildman–Crippen MR) is 85.3 cm³/mol. The first kappa shape index (κ1) is 16.8. The van der Waals surface area contributed by atoms with E-state index in [1.165, 1.54) is 0 Å². The van der Waals surface area contributed by atoms with Crippen LogP contribution >= 0.6 is 0 Å². The number of carbonyl (C=O) groups is 1. The maximum absolute atomic E-state index is 11.8. The Bertz CT molecular complexity index is 640. The number of nitrogens with one attached hydrogen (secondary N) is 2. The minimum absolute atomic E-state index is 0.226. The van der Waals surface area contributed by atoms with Gasteiger partial charge >= 0.3 is 6.03 Å². The molecule has 0 unspecified atom stereocenters. The van der Waals surface area contributed by atoms with Gasteiger partial charge < -0.3 is 19.9 Å². The maximum Gasteiger partial charge on any atom is 0.315 e. The van der Waals surface area contributed by atoms with E-state index in [0.29, 0.717) is 31.2 Å². The van der Waals surface area contributed by atoms with Gasteiger partial charge in [-0.3, -0.25) is 0 Å². The molecule has 0 bridgehead atoms. The second-order valence-electron chi connectivity index (χ2n) is 5.37. The summed E-state index contributed by atoms with van der Waals surface area (Å²) in [6, 6.07) is 7.30. The minimum atomic E-state index is -0.250. The number of amides is 2. The highest BCUT2D eigenvalue weighted by atomic mass is 16.5. The van der Waals surface area contributed by atoms with Crippen molar-refractivity contribution in [2.75, 3.05) is 13.7 Å². The number of methoxy groups -OCH3 is 1. The summed E-state index contributed by atoms with van der Waals surface area (Å²) in [5, 5.41) is 9.43. The molecule has 2 amide bonds. The smallest absolute Gasteiger partial charge is 0.315 e. The first-order valence-electron chi connectivity index (χ1n) is 7.56. The fourth-order valence-corrected chi connectivity index (χ4v) is 1.97. The van der Waals surface area contributed by atoms with Gasteiger partial charge in [0.2, 0.25) is 5.89 Å². The lowest BCUT2D eigenvalue weighted by Crippen LogP contribution is -2.36. The molecule has 2 N–H and O–H groups in total. The van der Waals surface area contributed by atoms with Gasteiger partial charge in [-0.2, -0.15) is 4.98 Å². The quantitative estimate of drug-likeness (QED) is 0.817. The van der Waals surface area contributed by atoms with E-state index in [1.54, 1.807) is 7.11 Å². The molecule has 0 saturated carbocycles. The Morgan fingerprint density at radius 3 is 2.78 bits per heavy atom. The second kappa shape index (κ2) is 8.17. The Morgan fingerprint density at radius 1 is 1.30 bits per heavy atom. The lowest BCUT2D eigenvalue weighted by atomic mass is 10.2. The largest absolute Gasteiger partial charge is 0.496 e. The molecule has 7 heteroatoms. The van der Waals surface area contributed by atoms with E-state index in [-0.39, 0.29) is 11.9 Å².